The SMILES string of the molecule is CCCOC(=O)CCC(=O)NCC(=O)C(C)(C)C. The Balaban J connectivity index is 3.79. The molecule has 0 aliphatic rings. The van der Waals surface area contributed by atoms with Gasteiger partial charge in [-0.1, -0.05) is 27.7 Å². The van der Waals surface area contributed by atoms with Crippen molar-refractivity contribution in [3.05, 3.63) is 0 Å². The summed E-state index contributed by atoms with van der Waals surface area (Å²) < 4.78 is 4.84. The number of rotatable bonds is 7. The Morgan fingerprint density at radius 3 is 2.22 bits per heavy atom. The standard InChI is InChI=1S/C13H23NO4/c1-5-8-18-12(17)7-6-11(16)14-9-10(15)13(2,3)4/h5-9H2,1-4H3,(H,14,16). The minimum absolute atomic E-state index is 0.00629. The molecule has 0 fully saturated rings. The van der Waals surface area contributed by atoms with Gasteiger partial charge in [0.15, 0.2) is 5.78 Å². The lowest BCUT2D eigenvalue weighted by atomic mass is 9.91. The molecule has 0 aliphatic carbocycles. The van der Waals surface area contributed by atoms with Crippen LogP contribution in [0.1, 0.15) is 47.0 Å². The van der Waals surface area contributed by atoms with Crippen LogP contribution in [0, 0.1) is 5.41 Å². The fraction of sp³-hybridized carbons (Fsp3) is 0.769. The van der Waals surface area contributed by atoms with Crippen molar-refractivity contribution in [3.8, 4) is 0 Å². The molecule has 104 valence electrons. The number of hydrogen-bond acceptors (Lipinski definition) is 4. The molecule has 0 unspecified atom stereocenters. The highest BCUT2D eigenvalue weighted by Gasteiger charge is 2.21. The second-order valence-electron chi connectivity index (χ2n) is 5.17. The van der Waals surface area contributed by atoms with Gasteiger partial charge in [0.05, 0.1) is 19.6 Å². The normalized spacial score (nSPS) is 10.9. The van der Waals surface area contributed by atoms with E-state index in [-0.39, 0.29) is 37.0 Å². The monoisotopic (exact) mass is 257 g/mol. The van der Waals surface area contributed by atoms with E-state index in [0.717, 1.165) is 6.42 Å². The van der Waals surface area contributed by atoms with Crippen molar-refractivity contribution in [3.63, 3.8) is 0 Å². The average Bonchev–Trinajstić information content (AvgIpc) is 2.29. The molecular formula is C13H23NO4. The van der Waals surface area contributed by atoms with Crippen LogP contribution in [0.4, 0.5) is 0 Å². The predicted molar refractivity (Wildman–Crippen MR) is 68.0 cm³/mol. The molecule has 0 aliphatic heterocycles. The number of nitrogens with one attached hydrogen (secondary N) is 1. The second kappa shape index (κ2) is 7.84. The van der Waals surface area contributed by atoms with Gasteiger partial charge in [-0.3, -0.25) is 14.4 Å². The molecular weight excluding hydrogens is 234 g/mol. The number of Topliss-reactive ketones (excluding diaryl/α,β-unsaturated/α-hetero) is 1. The van der Waals surface area contributed by atoms with E-state index in [0.29, 0.717) is 6.61 Å². The zero-order valence-corrected chi connectivity index (χ0v) is 11.7. The summed E-state index contributed by atoms with van der Waals surface area (Å²) in [5.74, 6) is -0.723. The molecule has 0 spiro atoms. The van der Waals surface area contributed by atoms with Crippen LogP contribution in [0.15, 0.2) is 0 Å². The molecule has 0 saturated heterocycles. The van der Waals surface area contributed by atoms with E-state index in [1.165, 1.54) is 0 Å². The molecule has 0 atom stereocenters. The first kappa shape index (κ1) is 16.6. The summed E-state index contributed by atoms with van der Waals surface area (Å²) in [6.45, 7) is 7.67. The molecule has 0 rings (SSSR count). The van der Waals surface area contributed by atoms with Gasteiger partial charge in [-0.05, 0) is 6.42 Å². The van der Waals surface area contributed by atoms with Crippen molar-refractivity contribution in [2.24, 2.45) is 5.41 Å². The zero-order valence-electron chi connectivity index (χ0n) is 11.7. The minimum atomic E-state index is -0.465. The van der Waals surface area contributed by atoms with Gasteiger partial charge in [-0.2, -0.15) is 0 Å². The van der Waals surface area contributed by atoms with Crippen LogP contribution < -0.4 is 5.32 Å². The first-order valence-corrected chi connectivity index (χ1v) is 6.23. The molecule has 0 aromatic heterocycles. The summed E-state index contributed by atoms with van der Waals surface area (Å²) in [4.78, 5) is 34.1. The Morgan fingerprint density at radius 2 is 1.72 bits per heavy atom. The number of carbonyl (C=O) groups is 3. The van der Waals surface area contributed by atoms with Crippen LogP contribution in [0.25, 0.3) is 0 Å². The lowest BCUT2D eigenvalue weighted by molar-refractivity contribution is -0.145. The van der Waals surface area contributed by atoms with Crippen molar-refractivity contribution in [2.75, 3.05) is 13.2 Å². The smallest absolute Gasteiger partial charge is 0.306 e. The van der Waals surface area contributed by atoms with Crippen LogP contribution in [-0.2, 0) is 19.1 Å². The number of esters is 1. The van der Waals surface area contributed by atoms with Gasteiger partial charge in [0, 0.05) is 11.8 Å². The molecule has 5 heteroatoms. The predicted octanol–water partition coefficient (Wildman–Crippen LogP) is 1.45. The number of ether oxygens (including phenoxy) is 1. The largest absolute Gasteiger partial charge is 0.466 e. The third-order valence-corrected chi connectivity index (χ3v) is 2.31. The Morgan fingerprint density at radius 1 is 1.11 bits per heavy atom. The summed E-state index contributed by atoms with van der Waals surface area (Å²) in [6.07, 6.45) is 0.869. The van der Waals surface area contributed by atoms with Crippen molar-refractivity contribution in [1.29, 1.82) is 0 Å². The highest BCUT2D eigenvalue weighted by atomic mass is 16.5. The second-order valence-corrected chi connectivity index (χ2v) is 5.17. The Labute approximate surface area is 108 Å². The third-order valence-electron chi connectivity index (χ3n) is 2.31. The molecule has 18 heavy (non-hydrogen) atoms. The molecule has 0 radical (unpaired) electrons. The van der Waals surface area contributed by atoms with Crippen molar-refractivity contribution in [1.82, 2.24) is 5.32 Å². The summed E-state index contributed by atoms with van der Waals surface area (Å²) >= 11 is 0. The Hall–Kier alpha value is -1.39. The van der Waals surface area contributed by atoms with E-state index < -0.39 is 5.41 Å². The van der Waals surface area contributed by atoms with Gasteiger partial charge in [0.25, 0.3) is 0 Å². The highest BCUT2D eigenvalue weighted by Crippen LogP contribution is 2.13. The fourth-order valence-electron chi connectivity index (χ4n) is 1.04. The van der Waals surface area contributed by atoms with E-state index in [1.54, 1.807) is 20.8 Å². The molecule has 0 aromatic rings. The molecule has 1 N–H and O–H groups in total. The van der Waals surface area contributed by atoms with E-state index in [1.807, 2.05) is 6.92 Å². The topological polar surface area (TPSA) is 72.5 Å². The van der Waals surface area contributed by atoms with Crippen molar-refractivity contribution >= 4 is 17.7 Å². The maximum atomic E-state index is 11.5. The summed E-state index contributed by atoms with van der Waals surface area (Å²) in [5, 5.41) is 2.50. The van der Waals surface area contributed by atoms with Crippen molar-refractivity contribution in [2.45, 2.75) is 47.0 Å². The van der Waals surface area contributed by atoms with Crippen LogP contribution >= 0.6 is 0 Å². The first-order valence-electron chi connectivity index (χ1n) is 6.23. The maximum Gasteiger partial charge on any atom is 0.306 e. The summed E-state index contributed by atoms with van der Waals surface area (Å²) in [6, 6.07) is 0. The first-order chi connectivity index (χ1) is 8.27. The Kier molecular flexibility index (Phi) is 7.24. The van der Waals surface area contributed by atoms with Gasteiger partial charge in [-0.15, -0.1) is 0 Å². The zero-order chi connectivity index (χ0) is 14.2. The van der Waals surface area contributed by atoms with Gasteiger partial charge in [-0.25, -0.2) is 0 Å². The fourth-order valence-corrected chi connectivity index (χ4v) is 1.04. The lowest BCUT2D eigenvalue weighted by Gasteiger charge is -2.16. The third kappa shape index (κ3) is 7.81. The number of ketones is 1. The lowest BCUT2D eigenvalue weighted by Crippen LogP contribution is -2.35. The van der Waals surface area contributed by atoms with Crippen LogP contribution in [0.5, 0.6) is 0 Å². The molecule has 5 nitrogen and oxygen atoms in total. The van der Waals surface area contributed by atoms with E-state index in [2.05, 4.69) is 5.32 Å². The van der Waals surface area contributed by atoms with E-state index in [9.17, 15) is 14.4 Å². The average molecular weight is 257 g/mol. The quantitative estimate of drug-likeness (QED) is 0.701. The Bertz CT molecular complexity index is 305. The van der Waals surface area contributed by atoms with Gasteiger partial charge < -0.3 is 10.1 Å². The molecule has 0 aromatic carbocycles. The molecule has 0 heterocycles. The van der Waals surface area contributed by atoms with Crippen molar-refractivity contribution < 1.29 is 19.1 Å². The van der Waals surface area contributed by atoms with E-state index in [4.69, 9.17) is 4.74 Å². The maximum absolute atomic E-state index is 11.5. The molecule has 0 bridgehead atoms. The summed E-state index contributed by atoms with van der Waals surface area (Å²) in [5.41, 5.74) is -0.465. The van der Waals surface area contributed by atoms with Gasteiger partial charge in [0.1, 0.15) is 0 Å². The molecule has 1 amide bonds. The summed E-state index contributed by atoms with van der Waals surface area (Å²) in [7, 11) is 0. The van der Waals surface area contributed by atoms with Crippen LogP contribution in [-0.4, -0.2) is 30.8 Å². The minimum Gasteiger partial charge on any atom is -0.466 e. The van der Waals surface area contributed by atoms with Crippen LogP contribution in [0.2, 0.25) is 0 Å². The number of hydrogen-bond donors (Lipinski definition) is 1. The number of amides is 1. The van der Waals surface area contributed by atoms with Crippen LogP contribution in [0.3, 0.4) is 0 Å². The van der Waals surface area contributed by atoms with E-state index >= 15 is 0 Å². The molecule has 0 saturated carbocycles. The highest BCUT2D eigenvalue weighted by molar-refractivity contribution is 5.90. The van der Waals surface area contributed by atoms with Gasteiger partial charge >= 0.3 is 5.97 Å². The number of carbonyl (C=O) groups excluding carboxylic acids is 3. The van der Waals surface area contributed by atoms with Gasteiger partial charge in [0.2, 0.25) is 5.91 Å².